The molecule has 0 amide bonds. The third-order valence-electron chi connectivity index (χ3n) is 1.30. The van der Waals surface area contributed by atoms with E-state index in [1.165, 1.54) is 12.4 Å². The van der Waals surface area contributed by atoms with Crippen LogP contribution >= 0.6 is 0 Å². The van der Waals surface area contributed by atoms with Crippen molar-refractivity contribution in [2.24, 2.45) is 0 Å². The number of pyridine rings is 1. The van der Waals surface area contributed by atoms with Gasteiger partial charge in [0.25, 0.3) is 0 Å². The van der Waals surface area contributed by atoms with E-state index in [-0.39, 0.29) is 5.48 Å². The minimum atomic E-state index is 0. The van der Waals surface area contributed by atoms with Crippen molar-refractivity contribution in [2.45, 2.75) is 0 Å². The van der Waals surface area contributed by atoms with Crippen molar-refractivity contribution in [3.8, 4) is 0 Å². The Morgan fingerprint density at radius 2 is 1.73 bits per heavy atom. The van der Waals surface area contributed by atoms with Crippen LogP contribution in [0.25, 0.3) is 0 Å². The van der Waals surface area contributed by atoms with Crippen molar-refractivity contribution in [1.82, 2.24) is 0 Å². The number of aromatic nitrogens is 1. The molecule has 4 nitrogen and oxygen atoms in total. The van der Waals surface area contributed by atoms with Crippen LogP contribution in [0.1, 0.15) is 0 Å². The minimum absolute atomic E-state index is 0. The van der Waals surface area contributed by atoms with Crippen molar-refractivity contribution >= 4 is 5.69 Å². The molecule has 0 fully saturated rings. The van der Waals surface area contributed by atoms with Crippen LogP contribution in [0, 0.1) is 5.21 Å². The standard InChI is InChI=1S/C7H10N2O.H2O/c1-8(2)7-3-5-9(10)6-4-7;/h3-6H,1-2H3;1H2. The number of rotatable bonds is 1. The summed E-state index contributed by atoms with van der Waals surface area (Å²) in [5, 5.41) is 10.5. The molecule has 4 heteroatoms. The molecule has 0 atom stereocenters. The van der Waals surface area contributed by atoms with E-state index in [1.807, 2.05) is 19.0 Å². The van der Waals surface area contributed by atoms with Gasteiger partial charge in [-0.05, 0) is 0 Å². The zero-order valence-corrected chi connectivity index (χ0v) is 6.61. The molecule has 62 valence electrons. The molecular formula is C7H12N2O2. The third-order valence-corrected chi connectivity index (χ3v) is 1.30. The quantitative estimate of drug-likeness (QED) is 0.409. The van der Waals surface area contributed by atoms with Crippen molar-refractivity contribution in [3.63, 3.8) is 0 Å². The molecule has 0 aliphatic rings. The highest BCUT2D eigenvalue weighted by atomic mass is 16.5. The summed E-state index contributed by atoms with van der Waals surface area (Å²) in [6, 6.07) is 3.54. The molecule has 1 aromatic heterocycles. The van der Waals surface area contributed by atoms with Crippen LogP contribution in [0.5, 0.6) is 0 Å². The molecule has 0 unspecified atom stereocenters. The Morgan fingerprint density at radius 3 is 2.09 bits per heavy atom. The fourth-order valence-electron chi connectivity index (χ4n) is 0.703. The van der Waals surface area contributed by atoms with Crippen LogP contribution in [0.2, 0.25) is 0 Å². The van der Waals surface area contributed by atoms with Crippen LogP contribution in [-0.2, 0) is 0 Å². The predicted octanol–water partition coefficient (Wildman–Crippen LogP) is -0.439. The van der Waals surface area contributed by atoms with Gasteiger partial charge in [-0.3, -0.25) is 0 Å². The van der Waals surface area contributed by atoms with Gasteiger partial charge < -0.3 is 15.6 Å². The molecule has 0 saturated heterocycles. The lowest BCUT2D eigenvalue weighted by Crippen LogP contribution is -2.24. The monoisotopic (exact) mass is 156 g/mol. The molecule has 0 aliphatic heterocycles. The molecule has 0 radical (unpaired) electrons. The summed E-state index contributed by atoms with van der Waals surface area (Å²) in [4.78, 5) is 1.94. The fraction of sp³-hybridized carbons (Fsp3) is 0.286. The Labute approximate surface area is 65.6 Å². The summed E-state index contributed by atoms with van der Waals surface area (Å²) in [6.07, 6.45) is 2.96. The van der Waals surface area contributed by atoms with Crippen LogP contribution in [0.15, 0.2) is 24.5 Å². The van der Waals surface area contributed by atoms with Crippen molar-refractivity contribution in [2.75, 3.05) is 19.0 Å². The van der Waals surface area contributed by atoms with Crippen molar-refractivity contribution in [3.05, 3.63) is 29.7 Å². The molecular weight excluding hydrogens is 144 g/mol. The maximum atomic E-state index is 10.5. The first-order valence-corrected chi connectivity index (χ1v) is 3.06. The number of hydrogen-bond donors (Lipinski definition) is 0. The van der Waals surface area contributed by atoms with Gasteiger partial charge in [0.05, 0.1) is 0 Å². The van der Waals surface area contributed by atoms with Crippen molar-refractivity contribution in [1.29, 1.82) is 0 Å². The lowest BCUT2D eigenvalue weighted by Gasteiger charge is -2.10. The fourth-order valence-corrected chi connectivity index (χ4v) is 0.703. The molecule has 0 spiro atoms. The second-order valence-electron chi connectivity index (χ2n) is 2.31. The SMILES string of the molecule is CN(C)c1cc[n+]([O-])cc1.O. The Kier molecular flexibility index (Phi) is 3.33. The van der Waals surface area contributed by atoms with Crippen molar-refractivity contribution < 1.29 is 10.2 Å². The van der Waals surface area contributed by atoms with Gasteiger partial charge in [-0.2, -0.15) is 4.73 Å². The average Bonchev–Trinajstić information content (AvgIpc) is 1.88. The zero-order chi connectivity index (χ0) is 7.56. The lowest BCUT2D eigenvalue weighted by atomic mass is 10.4. The van der Waals surface area contributed by atoms with E-state index in [4.69, 9.17) is 0 Å². The Hall–Kier alpha value is -1.29. The third kappa shape index (κ3) is 2.43. The predicted molar refractivity (Wildman–Crippen MR) is 43.3 cm³/mol. The topological polar surface area (TPSA) is 61.7 Å². The smallest absolute Gasteiger partial charge is 0.182 e. The van der Waals surface area contributed by atoms with E-state index in [2.05, 4.69) is 0 Å². The summed E-state index contributed by atoms with van der Waals surface area (Å²) in [5.74, 6) is 0. The summed E-state index contributed by atoms with van der Waals surface area (Å²) in [6.45, 7) is 0. The maximum absolute atomic E-state index is 10.5. The molecule has 2 N–H and O–H groups in total. The highest BCUT2D eigenvalue weighted by Crippen LogP contribution is 2.05. The molecule has 0 saturated carbocycles. The van der Waals surface area contributed by atoms with Crippen LogP contribution in [0.4, 0.5) is 5.69 Å². The van der Waals surface area contributed by atoms with Gasteiger partial charge in [0, 0.05) is 31.9 Å². The van der Waals surface area contributed by atoms with Crippen LogP contribution in [0.3, 0.4) is 0 Å². The van der Waals surface area contributed by atoms with E-state index in [1.54, 1.807) is 12.1 Å². The molecule has 0 aromatic carbocycles. The Balaban J connectivity index is 0.000001000. The second kappa shape index (κ2) is 3.78. The first-order chi connectivity index (χ1) is 4.70. The van der Waals surface area contributed by atoms with Gasteiger partial charge >= 0.3 is 0 Å². The maximum Gasteiger partial charge on any atom is 0.182 e. The Morgan fingerprint density at radius 1 is 1.27 bits per heavy atom. The number of anilines is 1. The average molecular weight is 156 g/mol. The van der Waals surface area contributed by atoms with Crippen LogP contribution < -0.4 is 9.63 Å². The summed E-state index contributed by atoms with van der Waals surface area (Å²) in [7, 11) is 3.87. The number of nitrogens with zero attached hydrogens (tertiary/aromatic N) is 2. The summed E-state index contributed by atoms with van der Waals surface area (Å²) >= 11 is 0. The van der Waals surface area contributed by atoms with Gasteiger partial charge in [-0.15, -0.1) is 0 Å². The summed E-state index contributed by atoms with van der Waals surface area (Å²) < 4.78 is 0.771. The number of hydrogen-bond acceptors (Lipinski definition) is 2. The van der Waals surface area contributed by atoms with Gasteiger partial charge in [0.15, 0.2) is 12.4 Å². The van der Waals surface area contributed by atoms with Gasteiger partial charge in [-0.25, -0.2) is 0 Å². The lowest BCUT2D eigenvalue weighted by molar-refractivity contribution is -0.605. The zero-order valence-electron chi connectivity index (χ0n) is 6.61. The Bertz CT molecular complexity index is 208. The molecule has 1 rings (SSSR count). The molecule has 1 heterocycles. The van der Waals surface area contributed by atoms with E-state index >= 15 is 0 Å². The molecule has 0 bridgehead atoms. The summed E-state index contributed by atoms with van der Waals surface area (Å²) in [5.41, 5.74) is 1.03. The van der Waals surface area contributed by atoms with E-state index in [9.17, 15) is 5.21 Å². The van der Waals surface area contributed by atoms with Gasteiger partial charge in [0.2, 0.25) is 0 Å². The minimum Gasteiger partial charge on any atom is -0.619 e. The van der Waals surface area contributed by atoms with Gasteiger partial charge in [0.1, 0.15) is 0 Å². The highest BCUT2D eigenvalue weighted by Gasteiger charge is 1.94. The highest BCUT2D eigenvalue weighted by molar-refractivity contribution is 5.41. The first-order valence-electron chi connectivity index (χ1n) is 3.06. The van der Waals surface area contributed by atoms with E-state index in [0.717, 1.165) is 10.4 Å². The van der Waals surface area contributed by atoms with E-state index in [0.29, 0.717) is 0 Å². The van der Waals surface area contributed by atoms with E-state index < -0.39 is 0 Å². The van der Waals surface area contributed by atoms with Gasteiger partial charge in [-0.1, -0.05) is 0 Å². The first kappa shape index (κ1) is 9.71. The molecule has 0 aliphatic carbocycles. The molecule has 1 aromatic rings. The second-order valence-corrected chi connectivity index (χ2v) is 2.31. The normalized spacial score (nSPS) is 8.55. The largest absolute Gasteiger partial charge is 0.619 e. The molecule has 11 heavy (non-hydrogen) atoms. The van der Waals surface area contributed by atoms with Crippen LogP contribution in [-0.4, -0.2) is 19.6 Å².